The molecule has 88 valence electrons. The predicted octanol–water partition coefficient (Wildman–Crippen LogP) is 2.61. The smallest absolute Gasteiger partial charge is 0.129 e. The molecule has 0 saturated carbocycles. The summed E-state index contributed by atoms with van der Waals surface area (Å²) in [5, 5.41) is 3.37. The van der Waals surface area contributed by atoms with Crippen molar-refractivity contribution in [3.63, 3.8) is 0 Å². The van der Waals surface area contributed by atoms with Gasteiger partial charge in [-0.05, 0) is 37.9 Å². The van der Waals surface area contributed by atoms with Gasteiger partial charge in [-0.3, -0.25) is 0 Å². The predicted molar refractivity (Wildman–Crippen MR) is 62.5 cm³/mol. The molecule has 2 nitrogen and oxygen atoms in total. The van der Waals surface area contributed by atoms with Crippen molar-refractivity contribution in [2.75, 3.05) is 20.2 Å². The molecule has 0 spiro atoms. The molecule has 3 heteroatoms. The highest BCUT2D eigenvalue weighted by Gasteiger charge is 2.21. The summed E-state index contributed by atoms with van der Waals surface area (Å²) >= 11 is 0. The molecule has 1 aromatic rings. The topological polar surface area (TPSA) is 21.3 Å². The zero-order valence-corrected chi connectivity index (χ0v) is 9.85. The average molecular weight is 223 g/mol. The van der Waals surface area contributed by atoms with E-state index in [0.29, 0.717) is 17.2 Å². The van der Waals surface area contributed by atoms with Crippen LogP contribution in [0.3, 0.4) is 0 Å². The number of hydrogen-bond donors (Lipinski definition) is 1. The maximum atomic E-state index is 13.4. The number of ether oxygens (including phenoxy) is 1. The van der Waals surface area contributed by atoms with Gasteiger partial charge in [0.2, 0.25) is 0 Å². The minimum Gasteiger partial charge on any atom is -0.496 e. The van der Waals surface area contributed by atoms with Gasteiger partial charge < -0.3 is 10.1 Å². The van der Waals surface area contributed by atoms with Crippen molar-refractivity contribution in [2.45, 2.75) is 25.7 Å². The van der Waals surface area contributed by atoms with E-state index in [9.17, 15) is 4.39 Å². The lowest BCUT2D eigenvalue weighted by atomic mass is 9.90. The Bertz CT molecular complexity index is 372. The second kappa shape index (κ2) is 4.83. The Kier molecular flexibility index (Phi) is 3.44. The van der Waals surface area contributed by atoms with E-state index in [1.165, 1.54) is 6.42 Å². The highest BCUT2D eigenvalue weighted by molar-refractivity contribution is 5.44. The summed E-state index contributed by atoms with van der Waals surface area (Å²) in [5.41, 5.74) is 1.75. The molecule has 1 heterocycles. The lowest BCUT2D eigenvalue weighted by Crippen LogP contribution is -2.28. The van der Waals surface area contributed by atoms with Crippen molar-refractivity contribution < 1.29 is 9.13 Å². The van der Waals surface area contributed by atoms with E-state index in [1.807, 2.05) is 6.07 Å². The Labute approximate surface area is 95.8 Å². The van der Waals surface area contributed by atoms with Gasteiger partial charge in [-0.1, -0.05) is 6.07 Å². The van der Waals surface area contributed by atoms with Crippen molar-refractivity contribution in [1.29, 1.82) is 0 Å². The van der Waals surface area contributed by atoms with Crippen LogP contribution in [0.1, 0.15) is 29.9 Å². The van der Waals surface area contributed by atoms with Crippen LogP contribution in [0, 0.1) is 12.7 Å². The first-order valence-electron chi connectivity index (χ1n) is 5.77. The van der Waals surface area contributed by atoms with Crippen molar-refractivity contribution in [3.8, 4) is 5.75 Å². The van der Waals surface area contributed by atoms with Crippen molar-refractivity contribution >= 4 is 0 Å². The number of halogens is 1. The van der Waals surface area contributed by atoms with Crippen LogP contribution in [-0.4, -0.2) is 20.2 Å². The minimum absolute atomic E-state index is 0.190. The Morgan fingerprint density at radius 1 is 1.44 bits per heavy atom. The fourth-order valence-electron chi connectivity index (χ4n) is 2.40. The van der Waals surface area contributed by atoms with E-state index in [1.54, 1.807) is 20.1 Å². The Morgan fingerprint density at radius 3 is 2.88 bits per heavy atom. The molecule has 0 amide bonds. The van der Waals surface area contributed by atoms with Crippen LogP contribution in [0.2, 0.25) is 0 Å². The monoisotopic (exact) mass is 223 g/mol. The molecule has 0 bridgehead atoms. The second-order valence-electron chi connectivity index (χ2n) is 4.34. The van der Waals surface area contributed by atoms with E-state index >= 15 is 0 Å². The molecule has 1 saturated heterocycles. The zero-order chi connectivity index (χ0) is 11.5. The van der Waals surface area contributed by atoms with Gasteiger partial charge in [0.15, 0.2) is 0 Å². The molecule has 2 rings (SSSR count). The quantitative estimate of drug-likeness (QED) is 0.832. The highest BCUT2D eigenvalue weighted by Crippen LogP contribution is 2.34. The van der Waals surface area contributed by atoms with E-state index in [-0.39, 0.29) is 5.82 Å². The number of nitrogens with one attached hydrogen (secondary N) is 1. The van der Waals surface area contributed by atoms with Gasteiger partial charge in [0.25, 0.3) is 0 Å². The van der Waals surface area contributed by atoms with Gasteiger partial charge >= 0.3 is 0 Å². The number of hydrogen-bond acceptors (Lipinski definition) is 2. The molecule has 1 N–H and O–H groups in total. The minimum atomic E-state index is -0.190. The van der Waals surface area contributed by atoms with E-state index in [0.717, 1.165) is 25.1 Å². The highest BCUT2D eigenvalue weighted by atomic mass is 19.1. The molecule has 1 atom stereocenters. The Hall–Kier alpha value is -1.09. The van der Waals surface area contributed by atoms with Gasteiger partial charge in [-0.2, -0.15) is 0 Å². The molecule has 1 aromatic carbocycles. The first kappa shape index (κ1) is 11.4. The maximum absolute atomic E-state index is 13.4. The van der Waals surface area contributed by atoms with Gasteiger partial charge in [0.1, 0.15) is 11.6 Å². The standard InChI is InChI=1S/C13H18FNO/c1-9-12(14)6-5-11(13(9)16-2)10-4-3-7-15-8-10/h5-6,10,15H,3-4,7-8H2,1-2H3. The first-order valence-corrected chi connectivity index (χ1v) is 5.77. The molecule has 0 aromatic heterocycles. The molecular weight excluding hydrogens is 205 g/mol. The third-order valence-corrected chi connectivity index (χ3v) is 3.31. The summed E-state index contributed by atoms with van der Waals surface area (Å²) in [6.07, 6.45) is 2.32. The Balaban J connectivity index is 2.35. The molecule has 1 aliphatic rings. The van der Waals surface area contributed by atoms with Gasteiger partial charge in [0.05, 0.1) is 7.11 Å². The van der Waals surface area contributed by atoms with Crippen LogP contribution < -0.4 is 10.1 Å². The van der Waals surface area contributed by atoms with Crippen molar-refractivity contribution in [3.05, 3.63) is 29.1 Å². The lowest BCUT2D eigenvalue weighted by molar-refractivity contribution is 0.385. The summed E-state index contributed by atoms with van der Waals surface area (Å²) in [7, 11) is 1.61. The first-order chi connectivity index (χ1) is 7.74. The van der Waals surface area contributed by atoms with Gasteiger partial charge in [-0.25, -0.2) is 4.39 Å². The lowest BCUT2D eigenvalue weighted by Gasteiger charge is -2.25. The molecule has 1 aliphatic heterocycles. The van der Waals surface area contributed by atoms with Crippen LogP contribution in [0.5, 0.6) is 5.75 Å². The zero-order valence-electron chi connectivity index (χ0n) is 9.85. The normalized spacial score (nSPS) is 20.8. The number of piperidine rings is 1. The maximum Gasteiger partial charge on any atom is 0.129 e. The molecule has 0 aliphatic carbocycles. The molecule has 0 radical (unpaired) electrons. The van der Waals surface area contributed by atoms with Crippen LogP contribution in [0.15, 0.2) is 12.1 Å². The van der Waals surface area contributed by atoms with Crippen LogP contribution in [0.25, 0.3) is 0 Å². The van der Waals surface area contributed by atoms with Crippen LogP contribution in [0.4, 0.5) is 4.39 Å². The number of rotatable bonds is 2. The SMILES string of the molecule is COc1c(C2CCCNC2)ccc(F)c1C. The number of benzene rings is 1. The fraction of sp³-hybridized carbons (Fsp3) is 0.538. The number of methoxy groups -OCH3 is 1. The molecule has 1 fully saturated rings. The third-order valence-electron chi connectivity index (χ3n) is 3.31. The third kappa shape index (κ3) is 2.05. The largest absolute Gasteiger partial charge is 0.496 e. The fourth-order valence-corrected chi connectivity index (χ4v) is 2.40. The van der Waals surface area contributed by atoms with Crippen molar-refractivity contribution in [2.24, 2.45) is 0 Å². The average Bonchev–Trinajstić information content (AvgIpc) is 2.33. The summed E-state index contributed by atoms with van der Waals surface area (Å²) in [5.74, 6) is 0.973. The summed E-state index contributed by atoms with van der Waals surface area (Å²) in [4.78, 5) is 0. The van der Waals surface area contributed by atoms with E-state index in [2.05, 4.69) is 5.32 Å². The van der Waals surface area contributed by atoms with E-state index in [4.69, 9.17) is 4.74 Å². The van der Waals surface area contributed by atoms with Gasteiger partial charge in [-0.15, -0.1) is 0 Å². The molecule has 16 heavy (non-hydrogen) atoms. The Morgan fingerprint density at radius 2 is 2.25 bits per heavy atom. The molecule has 1 unspecified atom stereocenters. The molecular formula is C13H18FNO. The van der Waals surface area contributed by atoms with Crippen LogP contribution >= 0.6 is 0 Å². The van der Waals surface area contributed by atoms with Crippen molar-refractivity contribution in [1.82, 2.24) is 5.32 Å². The summed E-state index contributed by atoms with van der Waals surface area (Å²) in [6.45, 7) is 3.81. The van der Waals surface area contributed by atoms with E-state index < -0.39 is 0 Å². The summed E-state index contributed by atoms with van der Waals surface area (Å²) in [6, 6.07) is 3.40. The summed E-state index contributed by atoms with van der Waals surface area (Å²) < 4.78 is 18.8. The van der Waals surface area contributed by atoms with Gasteiger partial charge in [0, 0.05) is 18.0 Å². The van der Waals surface area contributed by atoms with Crippen LogP contribution in [-0.2, 0) is 0 Å². The second-order valence-corrected chi connectivity index (χ2v) is 4.34.